The lowest BCUT2D eigenvalue weighted by atomic mass is 10.1. The van der Waals surface area contributed by atoms with Gasteiger partial charge in [-0.1, -0.05) is 18.1 Å². The van der Waals surface area contributed by atoms with Crippen molar-refractivity contribution in [2.24, 2.45) is 5.73 Å². The molecule has 0 fully saturated rings. The third kappa shape index (κ3) is 3.35. The van der Waals surface area contributed by atoms with Crippen LogP contribution >= 0.6 is 0 Å². The lowest BCUT2D eigenvalue weighted by Crippen LogP contribution is -2.05. The molecule has 0 spiro atoms. The number of hydrogen-bond donors (Lipinski definition) is 1. The molecular formula is C13H15F2N3O. The summed E-state index contributed by atoms with van der Waals surface area (Å²) in [5.74, 6) is -0.273. The molecule has 2 rings (SSSR count). The maximum Gasteiger partial charge on any atom is 0.229 e. The van der Waals surface area contributed by atoms with Gasteiger partial charge in [0.2, 0.25) is 5.89 Å². The highest BCUT2D eigenvalue weighted by atomic mass is 19.1. The van der Waals surface area contributed by atoms with Crippen LogP contribution in [0.3, 0.4) is 0 Å². The van der Waals surface area contributed by atoms with Crippen LogP contribution < -0.4 is 5.73 Å². The molecule has 1 atom stereocenters. The quantitative estimate of drug-likeness (QED) is 0.903. The van der Waals surface area contributed by atoms with E-state index in [1.807, 2.05) is 6.92 Å². The van der Waals surface area contributed by atoms with Gasteiger partial charge in [0.25, 0.3) is 0 Å². The first-order valence-corrected chi connectivity index (χ1v) is 6.06. The molecule has 0 amide bonds. The van der Waals surface area contributed by atoms with Gasteiger partial charge in [-0.15, -0.1) is 0 Å². The van der Waals surface area contributed by atoms with Crippen LogP contribution in [0.15, 0.2) is 22.7 Å². The van der Waals surface area contributed by atoms with Gasteiger partial charge in [-0.25, -0.2) is 8.78 Å². The first-order chi connectivity index (χ1) is 9.10. The maximum atomic E-state index is 13.5. The van der Waals surface area contributed by atoms with E-state index in [1.165, 1.54) is 12.1 Å². The minimum absolute atomic E-state index is 0.0734. The Morgan fingerprint density at radius 1 is 1.37 bits per heavy atom. The molecule has 6 heteroatoms. The Bertz CT molecular complexity index is 557. The molecule has 0 saturated heterocycles. The molecule has 2 aromatic rings. The summed E-state index contributed by atoms with van der Waals surface area (Å²) in [5, 5.41) is 3.79. The zero-order chi connectivity index (χ0) is 13.8. The summed E-state index contributed by atoms with van der Waals surface area (Å²) in [6, 6.07) is 3.42. The number of nitrogens with zero attached hydrogens (tertiary/aromatic N) is 2. The van der Waals surface area contributed by atoms with E-state index in [1.54, 1.807) is 0 Å². The highest BCUT2D eigenvalue weighted by Gasteiger charge is 2.15. The van der Waals surface area contributed by atoms with Crippen molar-refractivity contribution >= 4 is 0 Å². The Morgan fingerprint density at radius 3 is 2.84 bits per heavy atom. The Hall–Kier alpha value is -1.82. The molecule has 19 heavy (non-hydrogen) atoms. The zero-order valence-electron chi connectivity index (χ0n) is 10.6. The van der Waals surface area contributed by atoms with E-state index in [2.05, 4.69) is 10.1 Å². The lowest BCUT2D eigenvalue weighted by molar-refractivity contribution is 0.351. The standard InChI is InChI=1S/C13H15F2N3O/c1-8(4-5-16)13-17-12(18-19-13)6-9-2-3-10(14)7-11(9)15/h2-3,7-8H,4-6,16H2,1H3. The predicted octanol–water partition coefficient (Wildman–Crippen LogP) is 2.39. The number of benzene rings is 1. The fourth-order valence-electron chi connectivity index (χ4n) is 1.75. The smallest absolute Gasteiger partial charge is 0.229 e. The Morgan fingerprint density at radius 2 is 2.16 bits per heavy atom. The molecule has 1 aromatic heterocycles. The number of nitrogens with two attached hydrogens (primary N) is 1. The third-order valence-corrected chi connectivity index (χ3v) is 2.87. The maximum absolute atomic E-state index is 13.5. The van der Waals surface area contributed by atoms with Gasteiger partial charge in [0.05, 0.1) is 0 Å². The van der Waals surface area contributed by atoms with Gasteiger partial charge in [-0.2, -0.15) is 4.98 Å². The summed E-state index contributed by atoms with van der Waals surface area (Å²) in [4.78, 5) is 4.19. The molecule has 1 unspecified atom stereocenters. The molecule has 0 aliphatic rings. The Labute approximate surface area is 109 Å². The monoisotopic (exact) mass is 267 g/mol. The molecule has 2 N–H and O–H groups in total. The van der Waals surface area contributed by atoms with E-state index in [9.17, 15) is 8.78 Å². The summed E-state index contributed by atoms with van der Waals surface area (Å²) in [7, 11) is 0. The van der Waals surface area contributed by atoms with Gasteiger partial charge >= 0.3 is 0 Å². The van der Waals surface area contributed by atoms with Gasteiger partial charge in [0.15, 0.2) is 5.82 Å². The van der Waals surface area contributed by atoms with Gasteiger partial charge in [-0.05, 0) is 24.6 Å². The normalized spacial score (nSPS) is 12.6. The molecule has 1 aromatic carbocycles. The van der Waals surface area contributed by atoms with Crippen LogP contribution in [0.25, 0.3) is 0 Å². The molecule has 0 bridgehead atoms. The molecule has 1 heterocycles. The summed E-state index contributed by atoms with van der Waals surface area (Å²) in [6.45, 7) is 2.47. The minimum atomic E-state index is -0.610. The lowest BCUT2D eigenvalue weighted by Gasteiger charge is -2.02. The Balaban J connectivity index is 2.11. The van der Waals surface area contributed by atoms with E-state index >= 15 is 0 Å². The van der Waals surface area contributed by atoms with E-state index in [0.717, 1.165) is 12.5 Å². The van der Waals surface area contributed by atoms with E-state index in [0.29, 0.717) is 23.8 Å². The predicted molar refractivity (Wildman–Crippen MR) is 65.5 cm³/mol. The van der Waals surface area contributed by atoms with Gasteiger partial charge in [-0.3, -0.25) is 0 Å². The number of rotatable bonds is 5. The summed E-state index contributed by atoms with van der Waals surface area (Å²) in [5.41, 5.74) is 5.79. The van der Waals surface area contributed by atoms with E-state index in [-0.39, 0.29) is 12.3 Å². The van der Waals surface area contributed by atoms with Crippen molar-refractivity contribution in [2.75, 3.05) is 6.54 Å². The summed E-state index contributed by atoms with van der Waals surface area (Å²) in [6.07, 6.45) is 0.914. The largest absolute Gasteiger partial charge is 0.339 e. The third-order valence-electron chi connectivity index (χ3n) is 2.87. The summed E-state index contributed by atoms with van der Waals surface area (Å²) < 4.78 is 31.4. The van der Waals surface area contributed by atoms with Gasteiger partial charge < -0.3 is 10.3 Å². The van der Waals surface area contributed by atoms with Crippen molar-refractivity contribution in [1.82, 2.24) is 10.1 Å². The van der Waals surface area contributed by atoms with Gasteiger partial charge in [0.1, 0.15) is 11.6 Å². The molecular weight excluding hydrogens is 252 g/mol. The van der Waals surface area contributed by atoms with Gasteiger partial charge in [0, 0.05) is 18.4 Å². The van der Waals surface area contributed by atoms with Crippen LogP contribution in [0.5, 0.6) is 0 Å². The topological polar surface area (TPSA) is 64.9 Å². The molecule has 0 aliphatic carbocycles. The number of aromatic nitrogens is 2. The average Bonchev–Trinajstić information content (AvgIpc) is 2.82. The van der Waals surface area contributed by atoms with E-state index in [4.69, 9.17) is 10.3 Å². The Kier molecular flexibility index (Phi) is 4.21. The number of hydrogen-bond acceptors (Lipinski definition) is 4. The van der Waals surface area contributed by atoms with Crippen LogP contribution in [0.4, 0.5) is 8.78 Å². The average molecular weight is 267 g/mol. The number of halogens is 2. The first kappa shape index (κ1) is 13.6. The molecule has 0 aliphatic heterocycles. The van der Waals surface area contributed by atoms with Crippen molar-refractivity contribution in [2.45, 2.75) is 25.7 Å². The highest BCUT2D eigenvalue weighted by molar-refractivity contribution is 5.21. The van der Waals surface area contributed by atoms with Crippen LogP contribution in [0.2, 0.25) is 0 Å². The van der Waals surface area contributed by atoms with Crippen molar-refractivity contribution in [3.05, 3.63) is 47.1 Å². The van der Waals surface area contributed by atoms with E-state index < -0.39 is 11.6 Å². The van der Waals surface area contributed by atoms with Crippen molar-refractivity contribution in [3.8, 4) is 0 Å². The second kappa shape index (κ2) is 5.88. The minimum Gasteiger partial charge on any atom is -0.339 e. The van der Waals surface area contributed by atoms with Crippen molar-refractivity contribution in [3.63, 3.8) is 0 Å². The highest BCUT2D eigenvalue weighted by Crippen LogP contribution is 2.18. The van der Waals surface area contributed by atoms with Crippen LogP contribution in [0.1, 0.15) is 36.5 Å². The van der Waals surface area contributed by atoms with Crippen LogP contribution in [-0.4, -0.2) is 16.7 Å². The zero-order valence-corrected chi connectivity index (χ0v) is 10.6. The second-order valence-electron chi connectivity index (χ2n) is 4.44. The van der Waals surface area contributed by atoms with Crippen molar-refractivity contribution < 1.29 is 13.3 Å². The second-order valence-corrected chi connectivity index (χ2v) is 4.44. The molecule has 0 saturated carbocycles. The molecule has 0 radical (unpaired) electrons. The first-order valence-electron chi connectivity index (χ1n) is 6.06. The van der Waals surface area contributed by atoms with Crippen molar-refractivity contribution in [1.29, 1.82) is 0 Å². The fraction of sp³-hybridized carbons (Fsp3) is 0.385. The van der Waals surface area contributed by atoms with Crippen LogP contribution in [0, 0.1) is 11.6 Å². The summed E-state index contributed by atoms with van der Waals surface area (Å²) >= 11 is 0. The molecule has 4 nitrogen and oxygen atoms in total. The van der Waals surface area contributed by atoms with Crippen LogP contribution in [-0.2, 0) is 6.42 Å². The SMILES string of the molecule is CC(CCN)c1nc(Cc2ccc(F)cc2F)no1. The molecule has 102 valence electrons. The fourth-order valence-corrected chi connectivity index (χ4v) is 1.75.